The number of benzene rings is 2. The number of nitrogens with zero attached hydrogens (tertiary/aromatic N) is 2. The first-order chi connectivity index (χ1) is 12.2. The molecule has 2 aromatic carbocycles. The number of aromatic nitrogens is 2. The third kappa shape index (κ3) is 3.49. The molecule has 124 valence electrons. The van der Waals surface area contributed by atoms with Crippen LogP contribution in [0.5, 0.6) is 0 Å². The van der Waals surface area contributed by atoms with Gasteiger partial charge in [-0.15, -0.1) is 0 Å². The van der Waals surface area contributed by atoms with Crippen LogP contribution in [-0.4, -0.2) is 21.8 Å². The fourth-order valence-electron chi connectivity index (χ4n) is 3.05. The van der Waals surface area contributed by atoms with Crippen molar-refractivity contribution in [2.75, 3.05) is 0 Å². The number of hydrogen-bond acceptors (Lipinski definition) is 4. The molecule has 2 unspecified atom stereocenters. The standard InChI is InChI=1S/C21H19N3O/c22-19-13-18(19)16-3-1-4-17(12-16)20(25)11-14-5-7-15(8-6-14)21-23-9-2-10-24-21/h1-10,12,18-19H,11,13,22H2. The third-order valence-corrected chi connectivity index (χ3v) is 4.62. The van der Waals surface area contributed by atoms with Crippen LogP contribution in [0.4, 0.5) is 0 Å². The first kappa shape index (κ1) is 15.7. The Hall–Kier alpha value is -2.85. The van der Waals surface area contributed by atoms with Crippen LogP contribution in [0.1, 0.15) is 33.8 Å². The Balaban J connectivity index is 1.48. The van der Waals surface area contributed by atoms with Gasteiger partial charge in [0.05, 0.1) is 0 Å². The van der Waals surface area contributed by atoms with Crippen molar-refractivity contribution in [3.8, 4) is 11.4 Å². The largest absolute Gasteiger partial charge is 0.327 e. The quantitative estimate of drug-likeness (QED) is 0.729. The van der Waals surface area contributed by atoms with E-state index >= 15 is 0 Å². The lowest BCUT2D eigenvalue weighted by Gasteiger charge is -2.06. The average molecular weight is 329 g/mol. The highest BCUT2D eigenvalue weighted by molar-refractivity contribution is 5.97. The van der Waals surface area contributed by atoms with Crippen molar-refractivity contribution in [2.45, 2.75) is 24.8 Å². The molecule has 4 rings (SSSR count). The van der Waals surface area contributed by atoms with Crippen molar-refractivity contribution in [2.24, 2.45) is 5.73 Å². The molecule has 0 aliphatic heterocycles. The minimum Gasteiger partial charge on any atom is -0.327 e. The molecule has 4 nitrogen and oxygen atoms in total. The topological polar surface area (TPSA) is 68.9 Å². The van der Waals surface area contributed by atoms with Crippen LogP contribution in [0.15, 0.2) is 67.0 Å². The summed E-state index contributed by atoms with van der Waals surface area (Å²) in [5.74, 6) is 1.23. The summed E-state index contributed by atoms with van der Waals surface area (Å²) in [4.78, 5) is 21.1. The zero-order chi connectivity index (χ0) is 17.2. The fraction of sp³-hybridized carbons (Fsp3) is 0.190. The Morgan fingerprint density at radius 1 is 1.04 bits per heavy atom. The van der Waals surface area contributed by atoms with Crippen LogP contribution in [-0.2, 0) is 6.42 Å². The number of ketones is 1. The zero-order valence-electron chi connectivity index (χ0n) is 13.8. The van der Waals surface area contributed by atoms with Crippen LogP contribution in [0.25, 0.3) is 11.4 Å². The van der Waals surface area contributed by atoms with Gasteiger partial charge in [0.15, 0.2) is 11.6 Å². The number of Topliss-reactive ketones (excluding diaryl/α,β-unsaturated/α-hetero) is 1. The molecule has 2 atom stereocenters. The van der Waals surface area contributed by atoms with Crippen molar-refractivity contribution in [1.82, 2.24) is 9.97 Å². The van der Waals surface area contributed by atoms with Crippen LogP contribution in [0.3, 0.4) is 0 Å². The van der Waals surface area contributed by atoms with Crippen LogP contribution in [0.2, 0.25) is 0 Å². The molecule has 1 aromatic heterocycles. The van der Waals surface area contributed by atoms with Gasteiger partial charge in [-0.05, 0) is 29.7 Å². The van der Waals surface area contributed by atoms with Gasteiger partial charge in [-0.3, -0.25) is 4.79 Å². The van der Waals surface area contributed by atoms with Gasteiger partial charge in [0.2, 0.25) is 0 Å². The van der Waals surface area contributed by atoms with Crippen molar-refractivity contribution in [3.05, 3.63) is 83.7 Å². The fourth-order valence-corrected chi connectivity index (χ4v) is 3.05. The highest BCUT2D eigenvalue weighted by Gasteiger charge is 2.34. The molecule has 0 spiro atoms. The number of carbonyl (C=O) groups is 1. The van der Waals surface area contributed by atoms with E-state index in [0.717, 1.165) is 23.1 Å². The maximum absolute atomic E-state index is 12.6. The molecular formula is C21H19N3O. The predicted molar refractivity (Wildman–Crippen MR) is 97.3 cm³/mol. The molecule has 0 amide bonds. The summed E-state index contributed by atoms with van der Waals surface area (Å²) in [7, 11) is 0. The molecule has 2 N–H and O–H groups in total. The first-order valence-electron chi connectivity index (χ1n) is 8.46. The summed E-state index contributed by atoms with van der Waals surface area (Å²) < 4.78 is 0. The van der Waals surface area contributed by atoms with E-state index in [1.54, 1.807) is 18.5 Å². The second-order valence-electron chi connectivity index (χ2n) is 6.50. The summed E-state index contributed by atoms with van der Waals surface area (Å²) in [5, 5.41) is 0. The maximum atomic E-state index is 12.6. The van der Waals surface area contributed by atoms with E-state index < -0.39 is 0 Å². The van der Waals surface area contributed by atoms with E-state index in [0.29, 0.717) is 18.2 Å². The van der Waals surface area contributed by atoms with E-state index in [4.69, 9.17) is 5.73 Å². The summed E-state index contributed by atoms with van der Waals surface area (Å²) >= 11 is 0. The lowest BCUT2D eigenvalue weighted by atomic mass is 9.99. The molecule has 0 bridgehead atoms. The monoisotopic (exact) mass is 329 g/mol. The normalized spacial score (nSPS) is 18.8. The smallest absolute Gasteiger partial charge is 0.167 e. The molecule has 4 heteroatoms. The van der Waals surface area contributed by atoms with E-state index in [9.17, 15) is 4.79 Å². The summed E-state index contributed by atoms with van der Waals surface area (Å²) in [6.45, 7) is 0. The minimum atomic E-state index is 0.125. The zero-order valence-corrected chi connectivity index (χ0v) is 13.8. The molecule has 1 saturated carbocycles. The number of hydrogen-bond donors (Lipinski definition) is 1. The molecule has 1 heterocycles. The summed E-state index contributed by atoms with van der Waals surface area (Å²) in [5.41, 5.74) is 9.78. The minimum absolute atomic E-state index is 0.125. The Morgan fingerprint density at radius 3 is 2.44 bits per heavy atom. The second-order valence-corrected chi connectivity index (χ2v) is 6.50. The molecular weight excluding hydrogens is 310 g/mol. The van der Waals surface area contributed by atoms with Gasteiger partial charge >= 0.3 is 0 Å². The van der Waals surface area contributed by atoms with Crippen LogP contribution >= 0.6 is 0 Å². The average Bonchev–Trinajstić information content (AvgIpc) is 3.40. The van der Waals surface area contributed by atoms with E-state index in [-0.39, 0.29) is 11.8 Å². The van der Waals surface area contributed by atoms with Gasteiger partial charge in [0.1, 0.15) is 0 Å². The van der Waals surface area contributed by atoms with Gasteiger partial charge in [-0.25, -0.2) is 9.97 Å². The van der Waals surface area contributed by atoms with Crippen molar-refractivity contribution < 1.29 is 4.79 Å². The SMILES string of the molecule is NC1CC1c1cccc(C(=O)Cc2ccc(-c3ncccn3)cc2)c1. The van der Waals surface area contributed by atoms with Crippen molar-refractivity contribution in [1.29, 1.82) is 0 Å². The van der Waals surface area contributed by atoms with Crippen molar-refractivity contribution in [3.63, 3.8) is 0 Å². The molecule has 3 aromatic rings. The van der Waals surface area contributed by atoms with E-state index in [2.05, 4.69) is 16.0 Å². The molecule has 25 heavy (non-hydrogen) atoms. The predicted octanol–water partition coefficient (Wildman–Crippen LogP) is 3.38. The van der Waals surface area contributed by atoms with Gasteiger partial charge in [0, 0.05) is 41.9 Å². The van der Waals surface area contributed by atoms with Gasteiger partial charge in [-0.2, -0.15) is 0 Å². The molecule has 1 aliphatic carbocycles. The second kappa shape index (κ2) is 6.57. The highest BCUT2D eigenvalue weighted by Crippen LogP contribution is 2.39. The Bertz CT molecular complexity index is 891. The number of carbonyl (C=O) groups excluding carboxylic acids is 1. The molecule has 0 radical (unpaired) electrons. The number of rotatable bonds is 5. The van der Waals surface area contributed by atoms with Gasteiger partial charge < -0.3 is 5.73 Å². The molecule has 1 aliphatic rings. The number of nitrogens with two attached hydrogens (primary N) is 1. The van der Waals surface area contributed by atoms with Crippen molar-refractivity contribution >= 4 is 5.78 Å². The van der Waals surface area contributed by atoms with E-state index in [1.165, 1.54) is 5.56 Å². The first-order valence-corrected chi connectivity index (χ1v) is 8.46. The summed E-state index contributed by atoms with van der Waals surface area (Å²) in [6.07, 6.45) is 4.84. The Labute approximate surface area is 146 Å². The Kier molecular flexibility index (Phi) is 4.12. The van der Waals surface area contributed by atoms with E-state index in [1.807, 2.05) is 42.5 Å². The van der Waals surface area contributed by atoms with Crippen LogP contribution in [0, 0.1) is 0 Å². The molecule has 1 fully saturated rings. The van der Waals surface area contributed by atoms with Crippen LogP contribution < -0.4 is 5.73 Å². The highest BCUT2D eigenvalue weighted by atomic mass is 16.1. The summed E-state index contributed by atoms with van der Waals surface area (Å²) in [6, 6.07) is 17.8. The lowest BCUT2D eigenvalue weighted by molar-refractivity contribution is 0.0993. The molecule has 0 saturated heterocycles. The maximum Gasteiger partial charge on any atom is 0.167 e. The lowest BCUT2D eigenvalue weighted by Crippen LogP contribution is -2.05. The van der Waals surface area contributed by atoms with Gasteiger partial charge in [0.25, 0.3) is 0 Å². The van der Waals surface area contributed by atoms with Gasteiger partial charge in [-0.1, -0.05) is 42.5 Å². The third-order valence-electron chi connectivity index (χ3n) is 4.62. The Morgan fingerprint density at radius 2 is 1.76 bits per heavy atom.